The molecule has 0 bridgehead atoms. The van der Waals surface area contributed by atoms with Crippen molar-refractivity contribution in [3.8, 4) is 28.8 Å². The summed E-state index contributed by atoms with van der Waals surface area (Å²) in [5, 5.41) is 11.9. The third-order valence-electron chi connectivity index (χ3n) is 3.00. The van der Waals surface area contributed by atoms with Gasteiger partial charge in [-0.3, -0.25) is 0 Å². The third-order valence-corrected chi connectivity index (χ3v) is 4.17. The highest BCUT2D eigenvalue weighted by molar-refractivity contribution is 7.10. The summed E-state index contributed by atoms with van der Waals surface area (Å²) >= 11 is 1.48. The van der Waals surface area contributed by atoms with E-state index in [1.54, 1.807) is 14.2 Å². The van der Waals surface area contributed by atoms with Crippen LogP contribution in [0.4, 0.5) is 0 Å². The fourth-order valence-electron chi connectivity index (χ4n) is 1.75. The average Bonchev–Trinajstić information content (AvgIpc) is 2.97. The molecule has 4 nitrogen and oxygen atoms in total. The van der Waals surface area contributed by atoms with Crippen LogP contribution in [0.2, 0.25) is 0 Å². The van der Waals surface area contributed by atoms with Crippen LogP contribution < -0.4 is 9.47 Å². The SMILES string of the molecule is COc1ccc(OC)c(-c2csc(C(C)(C)C#N)n2)c1. The summed E-state index contributed by atoms with van der Waals surface area (Å²) in [6.45, 7) is 3.72. The van der Waals surface area contributed by atoms with Gasteiger partial charge in [0.25, 0.3) is 0 Å². The zero-order valence-corrected chi connectivity index (χ0v) is 12.7. The van der Waals surface area contributed by atoms with E-state index in [-0.39, 0.29) is 0 Å². The Kier molecular flexibility index (Phi) is 3.96. The minimum Gasteiger partial charge on any atom is -0.497 e. The van der Waals surface area contributed by atoms with Gasteiger partial charge in [0.15, 0.2) is 0 Å². The van der Waals surface area contributed by atoms with Gasteiger partial charge in [0.1, 0.15) is 21.9 Å². The molecule has 1 heterocycles. The van der Waals surface area contributed by atoms with Gasteiger partial charge in [0.2, 0.25) is 0 Å². The maximum absolute atomic E-state index is 9.18. The molecule has 0 atom stereocenters. The van der Waals surface area contributed by atoms with Crippen LogP contribution in [0.15, 0.2) is 23.6 Å². The summed E-state index contributed by atoms with van der Waals surface area (Å²) in [6, 6.07) is 7.84. The molecule has 1 aromatic heterocycles. The molecule has 0 unspecified atom stereocenters. The number of aromatic nitrogens is 1. The maximum Gasteiger partial charge on any atom is 0.128 e. The van der Waals surface area contributed by atoms with Crippen molar-refractivity contribution in [2.45, 2.75) is 19.3 Å². The zero-order chi connectivity index (χ0) is 14.8. The molecule has 0 spiro atoms. The van der Waals surface area contributed by atoms with Crippen LogP contribution in [0.3, 0.4) is 0 Å². The Bertz CT molecular complexity index is 656. The molecule has 0 radical (unpaired) electrons. The van der Waals surface area contributed by atoms with E-state index < -0.39 is 5.41 Å². The summed E-state index contributed by atoms with van der Waals surface area (Å²) in [7, 11) is 3.24. The van der Waals surface area contributed by atoms with Crippen LogP contribution >= 0.6 is 11.3 Å². The predicted molar refractivity (Wildman–Crippen MR) is 79.3 cm³/mol. The Labute approximate surface area is 122 Å². The molecule has 0 saturated carbocycles. The molecule has 0 saturated heterocycles. The van der Waals surface area contributed by atoms with Gasteiger partial charge in [-0.2, -0.15) is 5.26 Å². The number of methoxy groups -OCH3 is 2. The van der Waals surface area contributed by atoms with Gasteiger partial charge in [-0.25, -0.2) is 4.98 Å². The van der Waals surface area contributed by atoms with E-state index in [0.717, 1.165) is 27.8 Å². The standard InChI is InChI=1S/C15H16N2O2S/c1-15(2,9-16)14-17-12(8-20-14)11-7-10(18-3)5-6-13(11)19-4/h5-8H,1-4H3. The predicted octanol–water partition coefficient (Wildman–Crippen LogP) is 3.63. The molecule has 20 heavy (non-hydrogen) atoms. The lowest BCUT2D eigenvalue weighted by Crippen LogP contribution is -2.13. The highest BCUT2D eigenvalue weighted by atomic mass is 32.1. The van der Waals surface area contributed by atoms with E-state index in [4.69, 9.17) is 9.47 Å². The smallest absolute Gasteiger partial charge is 0.128 e. The first-order valence-corrected chi connectivity index (χ1v) is 6.99. The van der Waals surface area contributed by atoms with Gasteiger partial charge in [0, 0.05) is 10.9 Å². The lowest BCUT2D eigenvalue weighted by atomic mass is 9.97. The molecule has 5 heteroatoms. The van der Waals surface area contributed by atoms with Crippen LogP contribution in [-0.4, -0.2) is 19.2 Å². The average molecular weight is 288 g/mol. The van der Waals surface area contributed by atoms with E-state index in [1.807, 2.05) is 37.4 Å². The van der Waals surface area contributed by atoms with E-state index in [0.29, 0.717) is 0 Å². The molecule has 0 aliphatic rings. The first kappa shape index (κ1) is 14.4. The number of benzene rings is 1. The number of thiazole rings is 1. The van der Waals surface area contributed by atoms with Crippen molar-refractivity contribution in [3.05, 3.63) is 28.6 Å². The Hall–Kier alpha value is -2.06. The van der Waals surface area contributed by atoms with Gasteiger partial charge in [0.05, 0.1) is 26.0 Å². The molecule has 0 N–H and O–H groups in total. The summed E-state index contributed by atoms with van der Waals surface area (Å²) in [4.78, 5) is 4.57. The van der Waals surface area contributed by atoms with Crippen molar-refractivity contribution in [1.29, 1.82) is 5.26 Å². The van der Waals surface area contributed by atoms with E-state index in [2.05, 4.69) is 11.1 Å². The van der Waals surface area contributed by atoms with Crippen LogP contribution in [0, 0.1) is 11.3 Å². The van der Waals surface area contributed by atoms with Gasteiger partial charge in [-0.15, -0.1) is 11.3 Å². The number of hydrogen-bond acceptors (Lipinski definition) is 5. The zero-order valence-electron chi connectivity index (χ0n) is 11.9. The topological polar surface area (TPSA) is 55.1 Å². The monoisotopic (exact) mass is 288 g/mol. The van der Waals surface area contributed by atoms with Crippen molar-refractivity contribution in [1.82, 2.24) is 4.98 Å². The van der Waals surface area contributed by atoms with Crippen molar-refractivity contribution >= 4 is 11.3 Å². The minimum absolute atomic E-state index is 0.588. The molecule has 2 rings (SSSR count). The third kappa shape index (κ3) is 2.61. The lowest BCUT2D eigenvalue weighted by molar-refractivity contribution is 0.404. The van der Waals surface area contributed by atoms with Gasteiger partial charge >= 0.3 is 0 Å². The molecular weight excluding hydrogens is 272 g/mol. The summed E-state index contributed by atoms with van der Waals surface area (Å²) in [5.41, 5.74) is 1.07. The van der Waals surface area contributed by atoms with Gasteiger partial charge in [-0.1, -0.05) is 0 Å². The van der Waals surface area contributed by atoms with Gasteiger partial charge < -0.3 is 9.47 Å². The number of hydrogen-bond donors (Lipinski definition) is 0. The number of nitrogens with zero attached hydrogens (tertiary/aromatic N) is 2. The minimum atomic E-state index is -0.588. The molecule has 104 valence electrons. The van der Waals surface area contributed by atoms with Crippen molar-refractivity contribution < 1.29 is 9.47 Å². The lowest BCUT2D eigenvalue weighted by Gasteiger charge is -2.11. The Morgan fingerprint density at radius 3 is 2.60 bits per heavy atom. The first-order chi connectivity index (χ1) is 9.51. The first-order valence-electron chi connectivity index (χ1n) is 6.11. The van der Waals surface area contributed by atoms with Gasteiger partial charge in [-0.05, 0) is 32.0 Å². The molecule has 0 aliphatic heterocycles. The second-order valence-electron chi connectivity index (χ2n) is 4.84. The Morgan fingerprint density at radius 1 is 1.25 bits per heavy atom. The quantitative estimate of drug-likeness (QED) is 0.862. The molecule has 2 aromatic rings. The van der Waals surface area contributed by atoms with Crippen molar-refractivity contribution in [2.75, 3.05) is 14.2 Å². The largest absolute Gasteiger partial charge is 0.497 e. The second kappa shape index (κ2) is 5.51. The second-order valence-corrected chi connectivity index (χ2v) is 5.70. The number of rotatable bonds is 4. The highest BCUT2D eigenvalue weighted by Gasteiger charge is 2.24. The number of ether oxygens (including phenoxy) is 2. The summed E-state index contributed by atoms with van der Waals surface area (Å²) < 4.78 is 10.6. The molecule has 0 aliphatic carbocycles. The van der Waals surface area contributed by atoms with Crippen LogP contribution in [0.1, 0.15) is 18.9 Å². The molecule has 1 aromatic carbocycles. The number of nitriles is 1. The van der Waals surface area contributed by atoms with E-state index in [1.165, 1.54) is 11.3 Å². The fourth-order valence-corrected chi connectivity index (χ4v) is 2.64. The molecule has 0 fully saturated rings. The Morgan fingerprint density at radius 2 is 2.00 bits per heavy atom. The van der Waals surface area contributed by atoms with Crippen molar-refractivity contribution in [2.24, 2.45) is 0 Å². The molecule has 0 amide bonds. The van der Waals surface area contributed by atoms with E-state index in [9.17, 15) is 5.26 Å². The Balaban J connectivity index is 2.49. The summed E-state index contributed by atoms with van der Waals surface area (Å²) in [5.74, 6) is 1.48. The van der Waals surface area contributed by atoms with Crippen LogP contribution in [-0.2, 0) is 5.41 Å². The fraction of sp³-hybridized carbons (Fsp3) is 0.333. The normalized spacial score (nSPS) is 10.9. The van der Waals surface area contributed by atoms with Crippen LogP contribution in [0.5, 0.6) is 11.5 Å². The molecular formula is C15H16N2O2S. The van der Waals surface area contributed by atoms with Crippen LogP contribution in [0.25, 0.3) is 11.3 Å². The van der Waals surface area contributed by atoms with E-state index >= 15 is 0 Å². The highest BCUT2D eigenvalue weighted by Crippen LogP contribution is 2.36. The van der Waals surface area contributed by atoms with Crippen molar-refractivity contribution in [3.63, 3.8) is 0 Å². The maximum atomic E-state index is 9.18. The summed E-state index contributed by atoms with van der Waals surface area (Å²) in [6.07, 6.45) is 0.